The second-order valence-corrected chi connectivity index (χ2v) is 7.82. The summed E-state index contributed by atoms with van der Waals surface area (Å²) in [4.78, 5) is 24.2. The van der Waals surface area contributed by atoms with Crippen LogP contribution in [0.1, 0.15) is 21.7 Å². The van der Waals surface area contributed by atoms with Gasteiger partial charge in [-0.1, -0.05) is 29.0 Å². The standard InChI is InChI=1S/C20H18ClN5O2S/c1-12-10-23-25(2)17(12)19(27)26(11-13-6-4-5-9-22-13)20-24-16-15(28-3)8-7-14(21)18(16)29-20/h4-10H,11H2,1-3H3. The number of rotatable bonds is 5. The molecule has 0 saturated heterocycles. The summed E-state index contributed by atoms with van der Waals surface area (Å²) in [5.41, 5.74) is 2.66. The van der Waals surface area contributed by atoms with Crippen LogP contribution in [0.4, 0.5) is 5.13 Å². The molecule has 9 heteroatoms. The number of nitrogens with zero attached hydrogens (tertiary/aromatic N) is 5. The number of halogens is 1. The van der Waals surface area contributed by atoms with Crippen molar-refractivity contribution in [2.24, 2.45) is 7.05 Å². The average molecular weight is 428 g/mol. The summed E-state index contributed by atoms with van der Waals surface area (Å²) in [7, 11) is 3.33. The second-order valence-electron chi connectivity index (χ2n) is 6.44. The van der Waals surface area contributed by atoms with Gasteiger partial charge in [0.1, 0.15) is 17.0 Å². The van der Waals surface area contributed by atoms with Crippen molar-refractivity contribution >= 4 is 44.2 Å². The third kappa shape index (κ3) is 3.56. The van der Waals surface area contributed by atoms with Crippen LogP contribution in [0.2, 0.25) is 5.02 Å². The van der Waals surface area contributed by atoms with Gasteiger partial charge in [0.05, 0.1) is 35.3 Å². The van der Waals surface area contributed by atoms with Crippen LogP contribution in [-0.2, 0) is 13.6 Å². The molecule has 148 valence electrons. The van der Waals surface area contributed by atoms with Crippen molar-refractivity contribution in [1.82, 2.24) is 19.7 Å². The van der Waals surface area contributed by atoms with Crippen LogP contribution >= 0.6 is 22.9 Å². The zero-order chi connectivity index (χ0) is 20.5. The highest BCUT2D eigenvalue weighted by Gasteiger charge is 2.27. The number of aromatic nitrogens is 4. The maximum Gasteiger partial charge on any atom is 0.278 e. The fraction of sp³-hybridized carbons (Fsp3) is 0.200. The molecule has 4 rings (SSSR count). The molecule has 0 saturated carbocycles. The highest BCUT2D eigenvalue weighted by atomic mass is 35.5. The molecule has 0 aliphatic carbocycles. The largest absolute Gasteiger partial charge is 0.494 e. The summed E-state index contributed by atoms with van der Waals surface area (Å²) in [5, 5.41) is 5.28. The van der Waals surface area contributed by atoms with E-state index in [0.717, 1.165) is 16.0 Å². The molecular formula is C20H18ClN5O2S. The van der Waals surface area contributed by atoms with E-state index in [1.807, 2.05) is 25.1 Å². The van der Waals surface area contributed by atoms with Gasteiger partial charge in [-0.25, -0.2) is 4.98 Å². The Hall–Kier alpha value is -2.97. The zero-order valence-corrected chi connectivity index (χ0v) is 17.7. The number of benzene rings is 1. The smallest absolute Gasteiger partial charge is 0.278 e. The average Bonchev–Trinajstić information content (AvgIpc) is 3.31. The fourth-order valence-electron chi connectivity index (χ4n) is 3.08. The number of carbonyl (C=O) groups is 1. The number of anilines is 1. The first-order chi connectivity index (χ1) is 14.0. The monoisotopic (exact) mass is 427 g/mol. The molecule has 3 heterocycles. The number of thiazole rings is 1. The molecule has 0 atom stereocenters. The van der Waals surface area contributed by atoms with E-state index >= 15 is 0 Å². The number of aryl methyl sites for hydroxylation is 2. The van der Waals surface area contributed by atoms with E-state index in [9.17, 15) is 4.79 Å². The van der Waals surface area contributed by atoms with E-state index in [4.69, 9.17) is 16.3 Å². The first-order valence-corrected chi connectivity index (χ1v) is 10.0. The number of hydrogen-bond acceptors (Lipinski definition) is 6. The normalized spacial score (nSPS) is 11.0. The number of pyridine rings is 1. The predicted molar refractivity (Wildman–Crippen MR) is 114 cm³/mol. The Labute approximate surface area is 176 Å². The van der Waals surface area contributed by atoms with Gasteiger partial charge in [0.15, 0.2) is 5.13 Å². The molecule has 0 bridgehead atoms. The van der Waals surface area contributed by atoms with Crippen LogP contribution in [0.25, 0.3) is 10.2 Å². The van der Waals surface area contributed by atoms with Crippen molar-refractivity contribution in [2.45, 2.75) is 13.5 Å². The zero-order valence-electron chi connectivity index (χ0n) is 16.1. The molecular weight excluding hydrogens is 410 g/mol. The molecule has 0 spiro atoms. The molecule has 0 radical (unpaired) electrons. The number of methoxy groups -OCH3 is 1. The van der Waals surface area contributed by atoms with Gasteiger partial charge < -0.3 is 4.74 Å². The van der Waals surface area contributed by atoms with Crippen LogP contribution in [0, 0.1) is 6.92 Å². The lowest BCUT2D eigenvalue weighted by Crippen LogP contribution is -2.32. The van der Waals surface area contributed by atoms with Crippen molar-refractivity contribution in [1.29, 1.82) is 0 Å². The maximum atomic E-state index is 13.5. The SMILES string of the molecule is COc1ccc(Cl)c2sc(N(Cc3ccccn3)C(=O)c3c(C)cnn3C)nc12. The van der Waals surface area contributed by atoms with Crippen LogP contribution in [0.5, 0.6) is 5.75 Å². The maximum absolute atomic E-state index is 13.5. The highest BCUT2D eigenvalue weighted by molar-refractivity contribution is 7.23. The van der Waals surface area contributed by atoms with E-state index in [0.29, 0.717) is 27.1 Å². The lowest BCUT2D eigenvalue weighted by Gasteiger charge is -2.20. The Morgan fingerprint density at radius 3 is 2.79 bits per heavy atom. The Bertz CT molecular complexity index is 1170. The molecule has 0 N–H and O–H groups in total. The van der Waals surface area contributed by atoms with Crippen LogP contribution in [0.3, 0.4) is 0 Å². The van der Waals surface area contributed by atoms with E-state index in [1.54, 1.807) is 48.3 Å². The number of ether oxygens (including phenoxy) is 1. The van der Waals surface area contributed by atoms with Crippen molar-refractivity contribution in [3.8, 4) is 5.75 Å². The Morgan fingerprint density at radius 2 is 2.14 bits per heavy atom. The van der Waals surface area contributed by atoms with Crippen molar-refractivity contribution in [2.75, 3.05) is 12.0 Å². The van der Waals surface area contributed by atoms with Gasteiger partial charge in [-0.05, 0) is 36.8 Å². The number of amides is 1. The fourth-order valence-corrected chi connectivity index (χ4v) is 4.34. The number of carbonyl (C=O) groups excluding carboxylic acids is 1. The molecule has 4 aromatic rings. The summed E-state index contributed by atoms with van der Waals surface area (Å²) in [5.74, 6) is 0.399. The predicted octanol–water partition coefficient (Wildman–Crippen LogP) is 4.24. The summed E-state index contributed by atoms with van der Waals surface area (Å²) in [6, 6.07) is 9.13. The molecule has 29 heavy (non-hydrogen) atoms. The quantitative estimate of drug-likeness (QED) is 0.476. The van der Waals surface area contributed by atoms with Gasteiger partial charge in [-0.3, -0.25) is 19.4 Å². The Kier molecular flexibility index (Phi) is 5.21. The van der Waals surface area contributed by atoms with Gasteiger partial charge in [-0.2, -0.15) is 5.10 Å². The van der Waals surface area contributed by atoms with Crippen LogP contribution in [-0.4, -0.2) is 32.8 Å². The molecule has 1 aromatic carbocycles. The van der Waals surface area contributed by atoms with E-state index in [2.05, 4.69) is 15.1 Å². The minimum Gasteiger partial charge on any atom is -0.494 e. The molecule has 7 nitrogen and oxygen atoms in total. The topological polar surface area (TPSA) is 73.1 Å². The minimum atomic E-state index is -0.206. The van der Waals surface area contributed by atoms with Crippen molar-refractivity contribution < 1.29 is 9.53 Å². The summed E-state index contributed by atoms with van der Waals surface area (Å²) < 4.78 is 7.76. The third-order valence-corrected chi connectivity index (χ3v) is 6.05. The van der Waals surface area contributed by atoms with Crippen LogP contribution in [0.15, 0.2) is 42.7 Å². The molecule has 0 unspecified atom stereocenters. The van der Waals surface area contributed by atoms with E-state index < -0.39 is 0 Å². The van der Waals surface area contributed by atoms with Gasteiger partial charge in [0, 0.05) is 13.2 Å². The second kappa shape index (κ2) is 7.81. The lowest BCUT2D eigenvalue weighted by molar-refractivity contribution is 0.0975. The minimum absolute atomic E-state index is 0.206. The molecule has 0 aliphatic rings. The first-order valence-electron chi connectivity index (χ1n) is 8.83. The highest BCUT2D eigenvalue weighted by Crippen LogP contribution is 2.39. The first kappa shape index (κ1) is 19.4. The van der Waals surface area contributed by atoms with Crippen molar-refractivity contribution in [3.05, 3.63) is 64.7 Å². The number of fused-ring (bicyclic) bond motifs is 1. The van der Waals surface area contributed by atoms with Crippen LogP contribution < -0.4 is 9.64 Å². The van der Waals surface area contributed by atoms with Gasteiger partial charge in [-0.15, -0.1) is 0 Å². The molecule has 0 fully saturated rings. The summed E-state index contributed by atoms with van der Waals surface area (Å²) >= 11 is 7.72. The molecule has 3 aromatic heterocycles. The van der Waals surface area contributed by atoms with E-state index in [-0.39, 0.29) is 12.5 Å². The van der Waals surface area contributed by atoms with E-state index in [1.165, 1.54) is 11.3 Å². The van der Waals surface area contributed by atoms with Gasteiger partial charge in [0.25, 0.3) is 5.91 Å². The molecule has 1 amide bonds. The van der Waals surface area contributed by atoms with Gasteiger partial charge >= 0.3 is 0 Å². The lowest BCUT2D eigenvalue weighted by atomic mass is 10.2. The van der Waals surface area contributed by atoms with Gasteiger partial charge in [0.2, 0.25) is 0 Å². The van der Waals surface area contributed by atoms with Crippen molar-refractivity contribution in [3.63, 3.8) is 0 Å². The number of hydrogen-bond donors (Lipinski definition) is 0. The third-order valence-electron chi connectivity index (χ3n) is 4.51. The Morgan fingerprint density at radius 1 is 1.31 bits per heavy atom. The summed E-state index contributed by atoms with van der Waals surface area (Å²) in [6.07, 6.45) is 3.37. The molecule has 0 aliphatic heterocycles. The Balaban J connectivity index is 1.85. The summed E-state index contributed by atoms with van der Waals surface area (Å²) in [6.45, 7) is 2.13.